The van der Waals surface area contributed by atoms with Crippen molar-refractivity contribution in [2.24, 2.45) is 0 Å². The Morgan fingerprint density at radius 1 is 1.37 bits per heavy atom. The van der Waals surface area contributed by atoms with Gasteiger partial charge in [-0.25, -0.2) is 0 Å². The summed E-state index contributed by atoms with van der Waals surface area (Å²) in [4.78, 5) is 11.8. The second-order valence-corrected chi connectivity index (χ2v) is 3.96. The Balaban J connectivity index is 1.93. The summed E-state index contributed by atoms with van der Waals surface area (Å²) >= 11 is 0. The Hall–Kier alpha value is -1.87. The second-order valence-electron chi connectivity index (χ2n) is 3.96. The van der Waals surface area contributed by atoms with E-state index in [1.54, 1.807) is 24.3 Å². The Labute approximate surface area is 111 Å². The number of carbonyl (C=O) groups excluding carboxylic acids is 1. The van der Waals surface area contributed by atoms with Crippen LogP contribution in [0.1, 0.15) is 5.56 Å². The predicted octanol–water partition coefficient (Wildman–Crippen LogP) is 0.384. The van der Waals surface area contributed by atoms with Crippen molar-refractivity contribution in [2.75, 3.05) is 31.7 Å². The Morgan fingerprint density at radius 2 is 2.16 bits per heavy atom. The zero-order chi connectivity index (χ0) is 13.5. The molecule has 2 rings (SSSR count). The van der Waals surface area contributed by atoms with Crippen molar-refractivity contribution in [3.05, 3.63) is 29.8 Å². The molecule has 1 atom stereocenters. The number of amides is 1. The summed E-state index contributed by atoms with van der Waals surface area (Å²) in [5.41, 5.74) is 1.46. The summed E-state index contributed by atoms with van der Waals surface area (Å²) in [6, 6.07) is 7.05. The third-order valence-corrected chi connectivity index (χ3v) is 2.57. The number of anilines is 1. The average molecular weight is 261 g/mol. The Bertz CT molecular complexity index is 480. The minimum atomic E-state index is -0.553. The van der Waals surface area contributed by atoms with Crippen LogP contribution in [0.3, 0.4) is 0 Å². The number of carbonyl (C=O) groups is 1. The zero-order valence-corrected chi connectivity index (χ0v) is 10.4. The molecule has 0 aromatic heterocycles. The summed E-state index contributed by atoms with van der Waals surface area (Å²) in [5.74, 6) is 5.13. The fraction of sp³-hybridized carbons (Fsp3) is 0.357. The van der Waals surface area contributed by atoms with Crippen LogP contribution in [-0.2, 0) is 14.3 Å². The minimum Gasteiger partial charge on any atom is -0.384 e. The van der Waals surface area contributed by atoms with Crippen LogP contribution in [-0.4, -0.2) is 43.5 Å². The molecule has 0 bridgehead atoms. The maximum absolute atomic E-state index is 11.8. The fourth-order valence-electron chi connectivity index (χ4n) is 1.64. The molecule has 0 radical (unpaired) electrons. The summed E-state index contributed by atoms with van der Waals surface area (Å²) in [7, 11) is 0. The molecule has 1 aliphatic rings. The standard InChI is InChI=1S/C14H15NO4/c16-7-1-2-11-3-5-12(6-4-11)15-14(17)13-10-18-8-9-19-13/h3-6,13,16H,7-10H2,(H,15,17). The second kappa shape index (κ2) is 6.90. The highest BCUT2D eigenvalue weighted by Gasteiger charge is 2.22. The molecule has 1 unspecified atom stereocenters. The SMILES string of the molecule is O=C(Nc1ccc(C#CCO)cc1)C1COCCO1. The van der Waals surface area contributed by atoms with E-state index in [0.29, 0.717) is 18.9 Å². The van der Waals surface area contributed by atoms with Gasteiger partial charge in [0.2, 0.25) is 0 Å². The van der Waals surface area contributed by atoms with E-state index in [4.69, 9.17) is 14.6 Å². The van der Waals surface area contributed by atoms with Crippen molar-refractivity contribution in [1.82, 2.24) is 0 Å². The Morgan fingerprint density at radius 3 is 2.79 bits per heavy atom. The van der Waals surface area contributed by atoms with Gasteiger partial charge in [0, 0.05) is 11.3 Å². The van der Waals surface area contributed by atoms with Crippen LogP contribution in [0.5, 0.6) is 0 Å². The van der Waals surface area contributed by atoms with E-state index in [2.05, 4.69) is 17.2 Å². The van der Waals surface area contributed by atoms with Gasteiger partial charge < -0.3 is 19.9 Å². The molecular formula is C14H15NO4. The molecule has 0 aliphatic carbocycles. The van der Waals surface area contributed by atoms with E-state index >= 15 is 0 Å². The number of aliphatic hydroxyl groups is 1. The molecule has 2 N–H and O–H groups in total. The molecule has 1 aliphatic heterocycles. The topological polar surface area (TPSA) is 67.8 Å². The highest BCUT2D eigenvalue weighted by Crippen LogP contribution is 2.11. The van der Waals surface area contributed by atoms with E-state index in [1.165, 1.54) is 0 Å². The van der Waals surface area contributed by atoms with Crippen molar-refractivity contribution in [3.8, 4) is 11.8 Å². The monoisotopic (exact) mass is 261 g/mol. The first-order chi connectivity index (χ1) is 9.29. The lowest BCUT2D eigenvalue weighted by Crippen LogP contribution is -2.39. The van der Waals surface area contributed by atoms with Gasteiger partial charge in [-0.15, -0.1) is 0 Å². The number of rotatable bonds is 2. The van der Waals surface area contributed by atoms with Gasteiger partial charge in [-0.3, -0.25) is 4.79 Å². The van der Waals surface area contributed by atoms with Crippen LogP contribution in [0.15, 0.2) is 24.3 Å². The van der Waals surface area contributed by atoms with E-state index in [1.807, 2.05) is 0 Å². The van der Waals surface area contributed by atoms with Crippen LogP contribution in [0.25, 0.3) is 0 Å². The van der Waals surface area contributed by atoms with E-state index in [-0.39, 0.29) is 19.1 Å². The molecule has 1 amide bonds. The predicted molar refractivity (Wildman–Crippen MR) is 69.6 cm³/mol. The molecule has 1 fully saturated rings. The first-order valence-electron chi connectivity index (χ1n) is 5.99. The minimum absolute atomic E-state index is 0.169. The van der Waals surface area contributed by atoms with Gasteiger partial charge in [-0.2, -0.15) is 0 Å². The third-order valence-electron chi connectivity index (χ3n) is 2.57. The van der Waals surface area contributed by atoms with Crippen LogP contribution in [0, 0.1) is 11.8 Å². The van der Waals surface area contributed by atoms with Crippen molar-refractivity contribution in [3.63, 3.8) is 0 Å². The number of hydrogen-bond donors (Lipinski definition) is 2. The lowest BCUT2D eigenvalue weighted by Gasteiger charge is -2.22. The largest absolute Gasteiger partial charge is 0.384 e. The lowest BCUT2D eigenvalue weighted by molar-refractivity contribution is -0.142. The quantitative estimate of drug-likeness (QED) is 0.755. The third kappa shape index (κ3) is 4.07. The lowest BCUT2D eigenvalue weighted by atomic mass is 10.2. The summed E-state index contributed by atoms with van der Waals surface area (Å²) in [6.45, 7) is 1.08. The molecule has 5 nitrogen and oxygen atoms in total. The normalized spacial score (nSPS) is 18.3. The Kier molecular flexibility index (Phi) is 4.93. The molecule has 1 aromatic rings. The summed E-state index contributed by atoms with van der Waals surface area (Å²) in [5, 5.41) is 11.3. The molecule has 1 heterocycles. The van der Waals surface area contributed by atoms with Crippen molar-refractivity contribution in [2.45, 2.75) is 6.10 Å². The van der Waals surface area contributed by atoms with Crippen LogP contribution >= 0.6 is 0 Å². The van der Waals surface area contributed by atoms with Crippen molar-refractivity contribution in [1.29, 1.82) is 0 Å². The molecule has 100 valence electrons. The molecule has 0 saturated carbocycles. The smallest absolute Gasteiger partial charge is 0.255 e. The van der Waals surface area contributed by atoms with Gasteiger partial charge >= 0.3 is 0 Å². The molecule has 0 spiro atoms. The average Bonchev–Trinajstić information content (AvgIpc) is 2.47. The van der Waals surface area contributed by atoms with Gasteiger partial charge in [0.15, 0.2) is 6.10 Å². The first-order valence-corrected chi connectivity index (χ1v) is 5.99. The molecule has 1 aromatic carbocycles. The highest BCUT2D eigenvalue weighted by molar-refractivity contribution is 5.94. The number of benzene rings is 1. The van der Waals surface area contributed by atoms with E-state index < -0.39 is 6.10 Å². The maximum atomic E-state index is 11.8. The number of ether oxygens (including phenoxy) is 2. The van der Waals surface area contributed by atoms with Gasteiger partial charge in [-0.05, 0) is 24.3 Å². The fourth-order valence-corrected chi connectivity index (χ4v) is 1.64. The van der Waals surface area contributed by atoms with Crippen molar-refractivity contribution < 1.29 is 19.4 Å². The van der Waals surface area contributed by atoms with Crippen LogP contribution in [0.2, 0.25) is 0 Å². The highest BCUT2D eigenvalue weighted by atomic mass is 16.6. The van der Waals surface area contributed by atoms with Gasteiger partial charge in [-0.1, -0.05) is 11.8 Å². The number of aliphatic hydroxyl groups excluding tert-OH is 1. The van der Waals surface area contributed by atoms with E-state index in [9.17, 15) is 4.79 Å². The van der Waals surface area contributed by atoms with E-state index in [0.717, 1.165) is 5.56 Å². The van der Waals surface area contributed by atoms with Crippen LogP contribution in [0.4, 0.5) is 5.69 Å². The van der Waals surface area contributed by atoms with Gasteiger partial charge in [0.05, 0.1) is 19.8 Å². The summed E-state index contributed by atoms with van der Waals surface area (Å²) in [6.07, 6.45) is -0.553. The van der Waals surface area contributed by atoms with Crippen molar-refractivity contribution >= 4 is 11.6 Å². The van der Waals surface area contributed by atoms with Gasteiger partial charge in [0.1, 0.15) is 6.61 Å². The molecular weight excluding hydrogens is 246 g/mol. The number of nitrogens with one attached hydrogen (secondary N) is 1. The number of hydrogen-bond acceptors (Lipinski definition) is 4. The summed E-state index contributed by atoms with van der Waals surface area (Å²) < 4.78 is 10.5. The molecule has 1 saturated heterocycles. The zero-order valence-electron chi connectivity index (χ0n) is 10.4. The molecule has 19 heavy (non-hydrogen) atoms. The van der Waals surface area contributed by atoms with Gasteiger partial charge in [0.25, 0.3) is 5.91 Å². The van der Waals surface area contributed by atoms with Crippen LogP contribution < -0.4 is 5.32 Å². The first kappa shape index (κ1) is 13.6. The molecule has 5 heteroatoms. The maximum Gasteiger partial charge on any atom is 0.255 e.